The van der Waals surface area contributed by atoms with Gasteiger partial charge in [0.05, 0.1) is 4.90 Å². The van der Waals surface area contributed by atoms with Gasteiger partial charge in [-0.1, -0.05) is 11.6 Å². The molecule has 9 heteroatoms. The molecule has 0 aliphatic carbocycles. The number of hydrogen-bond acceptors (Lipinski definition) is 6. The molecule has 8 nitrogen and oxygen atoms in total. The molecule has 0 saturated carbocycles. The molecular formula is C24H25N3O5S. The van der Waals surface area contributed by atoms with Crippen molar-refractivity contribution in [2.24, 2.45) is 0 Å². The molecule has 5 rings (SSSR count). The fraction of sp³-hybridized carbons (Fsp3) is 0.333. The topological polar surface area (TPSA) is 102 Å². The Morgan fingerprint density at radius 1 is 1.06 bits per heavy atom. The van der Waals surface area contributed by atoms with Gasteiger partial charge in [0.15, 0.2) is 11.5 Å². The molecule has 1 fully saturated rings. The zero-order valence-electron chi connectivity index (χ0n) is 18.3. The summed E-state index contributed by atoms with van der Waals surface area (Å²) in [6.07, 6.45) is 3.79. The second kappa shape index (κ2) is 8.64. The van der Waals surface area contributed by atoms with Crippen LogP contribution in [0.3, 0.4) is 0 Å². The summed E-state index contributed by atoms with van der Waals surface area (Å²) in [5.74, 6) is 0.926. The number of nitrogens with one attached hydrogen (secondary N) is 1. The van der Waals surface area contributed by atoms with Gasteiger partial charge in [-0.3, -0.25) is 4.79 Å². The minimum atomic E-state index is -3.51. The molecule has 3 aromatic rings. The second-order valence-electron chi connectivity index (χ2n) is 8.47. The van der Waals surface area contributed by atoms with E-state index in [0.29, 0.717) is 24.5 Å². The van der Waals surface area contributed by atoms with Crippen molar-refractivity contribution in [1.29, 1.82) is 0 Å². The standard InChI is InChI=1S/C24H25N3O5S/c1-16-13-18-14-17(5-10-22(18)31-16)23-15-21(26-32-23)24(28)25-19-6-8-20(9-7-19)33(29,30)27-11-3-2-4-12-27/h5-10,14-16H,2-4,11-13H2,1H3,(H,25,28). The van der Waals surface area contributed by atoms with E-state index >= 15 is 0 Å². The van der Waals surface area contributed by atoms with E-state index in [4.69, 9.17) is 9.26 Å². The first-order valence-corrected chi connectivity index (χ1v) is 12.5. The van der Waals surface area contributed by atoms with Crippen LogP contribution < -0.4 is 10.1 Å². The normalized spacial score (nSPS) is 18.5. The summed E-state index contributed by atoms with van der Waals surface area (Å²) in [6, 6.07) is 13.5. The van der Waals surface area contributed by atoms with Gasteiger partial charge in [0.2, 0.25) is 10.0 Å². The maximum absolute atomic E-state index is 12.8. The first-order chi connectivity index (χ1) is 15.9. The van der Waals surface area contributed by atoms with Gasteiger partial charge in [0, 0.05) is 36.8 Å². The van der Waals surface area contributed by atoms with Crippen molar-refractivity contribution in [3.63, 3.8) is 0 Å². The van der Waals surface area contributed by atoms with Gasteiger partial charge in [-0.15, -0.1) is 0 Å². The Hall–Kier alpha value is -3.17. The molecule has 1 N–H and O–H groups in total. The van der Waals surface area contributed by atoms with Crippen molar-refractivity contribution in [1.82, 2.24) is 9.46 Å². The number of hydrogen-bond donors (Lipinski definition) is 1. The molecular weight excluding hydrogens is 442 g/mol. The fourth-order valence-electron chi connectivity index (χ4n) is 4.25. The summed E-state index contributed by atoms with van der Waals surface area (Å²) >= 11 is 0. The van der Waals surface area contributed by atoms with E-state index in [0.717, 1.165) is 42.6 Å². The lowest BCUT2D eigenvalue weighted by molar-refractivity contribution is 0.101. The molecule has 0 radical (unpaired) electrons. The number of rotatable bonds is 5. The maximum atomic E-state index is 12.8. The Morgan fingerprint density at radius 3 is 2.58 bits per heavy atom. The summed E-state index contributed by atoms with van der Waals surface area (Å²) in [7, 11) is -3.51. The van der Waals surface area contributed by atoms with Crippen LogP contribution in [0.25, 0.3) is 11.3 Å². The number of ether oxygens (including phenoxy) is 1. The molecule has 1 amide bonds. The predicted octanol–water partition coefficient (Wildman–Crippen LogP) is 4.09. The van der Waals surface area contributed by atoms with Crippen LogP contribution in [0.5, 0.6) is 5.75 Å². The van der Waals surface area contributed by atoms with Crippen LogP contribution in [0.1, 0.15) is 42.2 Å². The van der Waals surface area contributed by atoms with Gasteiger partial charge in [0.25, 0.3) is 5.91 Å². The number of piperidine rings is 1. The molecule has 3 heterocycles. The number of anilines is 1. The van der Waals surface area contributed by atoms with Crippen LogP contribution in [-0.4, -0.2) is 43.0 Å². The lowest BCUT2D eigenvalue weighted by Crippen LogP contribution is -2.35. The number of carbonyl (C=O) groups is 1. The van der Waals surface area contributed by atoms with Crippen molar-refractivity contribution in [2.75, 3.05) is 18.4 Å². The molecule has 2 aromatic carbocycles. The average Bonchev–Trinajstić information content (AvgIpc) is 3.46. The van der Waals surface area contributed by atoms with Gasteiger partial charge in [-0.05, 0) is 67.8 Å². The van der Waals surface area contributed by atoms with E-state index < -0.39 is 15.9 Å². The van der Waals surface area contributed by atoms with Gasteiger partial charge in [-0.25, -0.2) is 8.42 Å². The van der Waals surface area contributed by atoms with Crippen LogP contribution in [-0.2, 0) is 16.4 Å². The largest absolute Gasteiger partial charge is 0.490 e. The monoisotopic (exact) mass is 467 g/mol. The first-order valence-electron chi connectivity index (χ1n) is 11.1. The lowest BCUT2D eigenvalue weighted by atomic mass is 10.1. The second-order valence-corrected chi connectivity index (χ2v) is 10.4. The van der Waals surface area contributed by atoms with E-state index in [-0.39, 0.29) is 16.7 Å². The minimum absolute atomic E-state index is 0.139. The van der Waals surface area contributed by atoms with Crippen molar-refractivity contribution < 1.29 is 22.5 Å². The number of carbonyl (C=O) groups excluding carboxylic acids is 1. The number of aromatic nitrogens is 1. The van der Waals surface area contributed by atoms with E-state index in [2.05, 4.69) is 10.5 Å². The van der Waals surface area contributed by atoms with E-state index in [1.54, 1.807) is 18.2 Å². The van der Waals surface area contributed by atoms with Gasteiger partial charge >= 0.3 is 0 Å². The Morgan fingerprint density at radius 2 is 1.82 bits per heavy atom. The quantitative estimate of drug-likeness (QED) is 0.606. The molecule has 1 atom stereocenters. The van der Waals surface area contributed by atoms with Crippen LogP contribution in [0.15, 0.2) is 57.9 Å². The highest BCUT2D eigenvalue weighted by Gasteiger charge is 2.26. The molecule has 33 heavy (non-hydrogen) atoms. The van der Waals surface area contributed by atoms with Gasteiger partial charge in [0.1, 0.15) is 11.9 Å². The van der Waals surface area contributed by atoms with Crippen molar-refractivity contribution in [2.45, 2.75) is 43.6 Å². The molecule has 2 aliphatic heterocycles. The summed E-state index contributed by atoms with van der Waals surface area (Å²) in [5.41, 5.74) is 2.54. The summed E-state index contributed by atoms with van der Waals surface area (Å²) in [5, 5.41) is 6.63. The molecule has 0 spiro atoms. The number of nitrogens with zero attached hydrogens (tertiary/aromatic N) is 2. The molecule has 2 aliphatic rings. The van der Waals surface area contributed by atoms with Crippen LogP contribution >= 0.6 is 0 Å². The zero-order valence-corrected chi connectivity index (χ0v) is 19.1. The molecule has 0 bridgehead atoms. The van der Waals surface area contributed by atoms with Crippen molar-refractivity contribution in [3.8, 4) is 17.1 Å². The van der Waals surface area contributed by atoms with Crippen LogP contribution in [0.4, 0.5) is 5.69 Å². The number of sulfonamides is 1. The Labute approximate surface area is 192 Å². The smallest absolute Gasteiger partial charge is 0.277 e. The highest BCUT2D eigenvalue weighted by Crippen LogP contribution is 2.33. The lowest BCUT2D eigenvalue weighted by Gasteiger charge is -2.25. The third-order valence-electron chi connectivity index (χ3n) is 5.99. The Balaban J connectivity index is 1.27. The molecule has 1 aromatic heterocycles. The van der Waals surface area contributed by atoms with E-state index in [9.17, 15) is 13.2 Å². The number of amides is 1. The van der Waals surface area contributed by atoms with Gasteiger partial charge < -0.3 is 14.6 Å². The highest BCUT2D eigenvalue weighted by atomic mass is 32.2. The van der Waals surface area contributed by atoms with Gasteiger partial charge in [-0.2, -0.15) is 4.31 Å². The number of benzene rings is 2. The summed E-state index contributed by atoms with van der Waals surface area (Å²) < 4.78 is 38.2. The van der Waals surface area contributed by atoms with Crippen molar-refractivity contribution in [3.05, 3.63) is 59.8 Å². The van der Waals surface area contributed by atoms with Crippen LogP contribution in [0, 0.1) is 0 Å². The highest BCUT2D eigenvalue weighted by molar-refractivity contribution is 7.89. The molecule has 1 saturated heterocycles. The Bertz CT molecular complexity index is 1280. The predicted molar refractivity (Wildman–Crippen MR) is 123 cm³/mol. The van der Waals surface area contributed by atoms with E-state index in [1.807, 2.05) is 25.1 Å². The molecule has 172 valence electrons. The Kier molecular flexibility index (Phi) is 5.67. The third kappa shape index (κ3) is 4.38. The SMILES string of the molecule is CC1Cc2cc(-c3cc(C(=O)Nc4ccc(S(=O)(=O)N5CCCCC5)cc4)no3)ccc2O1. The number of fused-ring (bicyclic) bond motifs is 1. The summed E-state index contributed by atoms with van der Waals surface area (Å²) in [6.45, 7) is 3.11. The molecule has 1 unspecified atom stereocenters. The fourth-order valence-corrected chi connectivity index (χ4v) is 5.77. The third-order valence-corrected chi connectivity index (χ3v) is 7.90. The van der Waals surface area contributed by atoms with Crippen molar-refractivity contribution >= 4 is 21.6 Å². The maximum Gasteiger partial charge on any atom is 0.277 e. The summed E-state index contributed by atoms with van der Waals surface area (Å²) in [4.78, 5) is 12.9. The zero-order chi connectivity index (χ0) is 23.0. The minimum Gasteiger partial charge on any atom is -0.490 e. The first kappa shape index (κ1) is 21.7. The average molecular weight is 468 g/mol. The van der Waals surface area contributed by atoms with E-state index in [1.165, 1.54) is 16.4 Å². The van der Waals surface area contributed by atoms with Crippen LogP contribution in [0.2, 0.25) is 0 Å².